The van der Waals surface area contributed by atoms with E-state index in [-0.39, 0.29) is 19.1 Å². The Morgan fingerprint density at radius 1 is 0.909 bits per heavy atom. The normalized spacial score (nSPS) is 12.2. The number of nitrogens with one attached hydrogen (secondary N) is 1. The molecule has 33 heavy (non-hydrogen) atoms. The van der Waals surface area contributed by atoms with Gasteiger partial charge in [0.25, 0.3) is 0 Å². The Morgan fingerprint density at radius 2 is 1.55 bits per heavy atom. The molecule has 0 spiro atoms. The van der Waals surface area contributed by atoms with Crippen LogP contribution in [0.3, 0.4) is 0 Å². The van der Waals surface area contributed by atoms with E-state index >= 15 is 0 Å². The summed E-state index contributed by atoms with van der Waals surface area (Å²) >= 11 is 0. The zero-order chi connectivity index (χ0) is 23.0. The molecule has 0 radical (unpaired) electrons. The van der Waals surface area contributed by atoms with Crippen molar-refractivity contribution in [2.45, 2.75) is 5.92 Å². The number of carbonyl (C=O) groups excluding carboxylic acids is 2. The first kappa shape index (κ1) is 22.1. The summed E-state index contributed by atoms with van der Waals surface area (Å²) in [5.41, 5.74) is 5.52. The molecule has 1 N–H and O–H groups in total. The maximum absolute atomic E-state index is 12.3. The third kappa shape index (κ3) is 5.23. The van der Waals surface area contributed by atoms with Gasteiger partial charge in [-0.05, 0) is 28.3 Å². The Morgan fingerprint density at radius 3 is 2.24 bits per heavy atom. The molecule has 0 saturated heterocycles. The standard InChI is InChI=1S/C27H25NO5/c1-31-26(29)18-32-25-15-7-2-9-19(25)10-8-16-28-27(30)33-17-24-22-13-5-3-11-20(22)21-12-4-6-14-23(21)24/h2-15,24H,16-18H2,1H3,(H,28,30). The van der Waals surface area contributed by atoms with E-state index < -0.39 is 12.1 Å². The highest BCUT2D eigenvalue weighted by atomic mass is 16.6. The zero-order valence-corrected chi connectivity index (χ0v) is 18.3. The van der Waals surface area contributed by atoms with E-state index in [1.165, 1.54) is 29.4 Å². The maximum atomic E-state index is 12.3. The number of ether oxygens (including phenoxy) is 3. The fraction of sp³-hybridized carbons (Fsp3) is 0.185. The number of carbonyl (C=O) groups is 2. The number of rotatable bonds is 8. The van der Waals surface area contributed by atoms with E-state index in [0.29, 0.717) is 12.3 Å². The van der Waals surface area contributed by atoms with Crippen LogP contribution < -0.4 is 10.1 Å². The Bertz CT molecular complexity index is 1120. The molecule has 1 aliphatic rings. The number of fused-ring (bicyclic) bond motifs is 3. The number of alkyl carbamates (subject to hydrolysis) is 1. The van der Waals surface area contributed by atoms with Crippen molar-refractivity contribution in [1.29, 1.82) is 0 Å². The average Bonchev–Trinajstić information content (AvgIpc) is 3.18. The Labute approximate surface area is 192 Å². The van der Waals surface area contributed by atoms with Crippen LogP contribution in [-0.2, 0) is 14.3 Å². The fourth-order valence-corrected chi connectivity index (χ4v) is 3.92. The van der Waals surface area contributed by atoms with Gasteiger partial charge in [0.2, 0.25) is 0 Å². The van der Waals surface area contributed by atoms with Crippen molar-refractivity contribution >= 4 is 18.1 Å². The van der Waals surface area contributed by atoms with Gasteiger partial charge in [0, 0.05) is 18.0 Å². The second-order valence-corrected chi connectivity index (χ2v) is 7.51. The lowest BCUT2D eigenvalue weighted by atomic mass is 9.98. The number of amides is 1. The second kappa shape index (κ2) is 10.5. The highest BCUT2D eigenvalue weighted by Gasteiger charge is 2.28. The van der Waals surface area contributed by atoms with Gasteiger partial charge in [-0.25, -0.2) is 9.59 Å². The molecule has 0 aliphatic heterocycles. The molecule has 0 fully saturated rings. The summed E-state index contributed by atoms with van der Waals surface area (Å²) < 4.78 is 15.6. The molecule has 0 saturated carbocycles. The van der Waals surface area contributed by atoms with E-state index in [4.69, 9.17) is 9.47 Å². The number of para-hydroxylation sites is 1. The molecule has 1 amide bonds. The third-order valence-corrected chi connectivity index (χ3v) is 5.50. The lowest BCUT2D eigenvalue weighted by Gasteiger charge is -2.14. The minimum absolute atomic E-state index is 0.0255. The minimum Gasteiger partial charge on any atom is -0.481 e. The summed E-state index contributed by atoms with van der Waals surface area (Å²) in [5.74, 6) is 0.128. The van der Waals surface area contributed by atoms with Crippen molar-refractivity contribution in [2.24, 2.45) is 0 Å². The largest absolute Gasteiger partial charge is 0.481 e. The van der Waals surface area contributed by atoms with Gasteiger partial charge < -0.3 is 19.5 Å². The molecule has 4 rings (SSSR count). The smallest absolute Gasteiger partial charge is 0.407 e. The molecule has 0 bridgehead atoms. The van der Waals surface area contributed by atoms with Gasteiger partial charge in [0.05, 0.1) is 7.11 Å². The van der Waals surface area contributed by atoms with Crippen LogP contribution in [-0.4, -0.2) is 38.9 Å². The first-order valence-corrected chi connectivity index (χ1v) is 10.7. The van der Waals surface area contributed by atoms with Crippen LogP contribution in [0, 0.1) is 0 Å². The van der Waals surface area contributed by atoms with Crippen LogP contribution in [0.2, 0.25) is 0 Å². The monoisotopic (exact) mass is 443 g/mol. The van der Waals surface area contributed by atoms with Gasteiger partial charge >= 0.3 is 12.1 Å². The summed E-state index contributed by atoms with van der Waals surface area (Å²) in [6, 6.07) is 23.8. The van der Waals surface area contributed by atoms with Crippen LogP contribution >= 0.6 is 0 Å². The summed E-state index contributed by atoms with van der Waals surface area (Å²) in [6.07, 6.45) is 3.13. The maximum Gasteiger partial charge on any atom is 0.407 e. The summed E-state index contributed by atoms with van der Waals surface area (Å²) in [6.45, 7) is 0.398. The minimum atomic E-state index is -0.475. The first-order valence-electron chi connectivity index (χ1n) is 10.7. The number of methoxy groups -OCH3 is 1. The third-order valence-electron chi connectivity index (χ3n) is 5.50. The molecule has 168 valence electrons. The summed E-state index contributed by atoms with van der Waals surface area (Å²) in [4.78, 5) is 23.6. The fourth-order valence-electron chi connectivity index (χ4n) is 3.92. The lowest BCUT2D eigenvalue weighted by Crippen LogP contribution is -2.26. The van der Waals surface area contributed by atoms with Crippen LogP contribution in [0.5, 0.6) is 5.75 Å². The molecule has 3 aromatic carbocycles. The van der Waals surface area contributed by atoms with Crippen molar-refractivity contribution in [1.82, 2.24) is 5.32 Å². The Hall–Kier alpha value is -4.06. The van der Waals surface area contributed by atoms with E-state index in [9.17, 15) is 9.59 Å². The lowest BCUT2D eigenvalue weighted by molar-refractivity contribution is -0.142. The van der Waals surface area contributed by atoms with Gasteiger partial charge in [-0.2, -0.15) is 0 Å². The van der Waals surface area contributed by atoms with E-state index in [0.717, 1.165) is 5.56 Å². The summed E-state index contributed by atoms with van der Waals surface area (Å²) in [5, 5.41) is 2.74. The topological polar surface area (TPSA) is 73.9 Å². The van der Waals surface area contributed by atoms with Crippen molar-refractivity contribution in [3.63, 3.8) is 0 Å². The van der Waals surface area contributed by atoms with Crippen molar-refractivity contribution in [2.75, 3.05) is 26.9 Å². The van der Waals surface area contributed by atoms with Gasteiger partial charge in [-0.15, -0.1) is 0 Å². The van der Waals surface area contributed by atoms with Crippen LogP contribution in [0.15, 0.2) is 78.9 Å². The molecular weight excluding hydrogens is 418 g/mol. The quantitative estimate of drug-likeness (QED) is 0.507. The Balaban J connectivity index is 1.30. The van der Waals surface area contributed by atoms with Crippen molar-refractivity contribution < 1.29 is 23.8 Å². The summed E-state index contributed by atoms with van der Waals surface area (Å²) in [7, 11) is 1.31. The van der Waals surface area contributed by atoms with E-state index in [2.05, 4.69) is 34.3 Å². The number of benzene rings is 3. The highest BCUT2D eigenvalue weighted by Crippen LogP contribution is 2.44. The molecule has 3 aromatic rings. The van der Waals surface area contributed by atoms with Crippen LogP contribution in [0.25, 0.3) is 17.2 Å². The molecule has 0 atom stereocenters. The van der Waals surface area contributed by atoms with Gasteiger partial charge in [0.1, 0.15) is 12.4 Å². The molecule has 0 heterocycles. The molecule has 6 nitrogen and oxygen atoms in total. The van der Waals surface area contributed by atoms with Crippen molar-refractivity contribution in [3.05, 3.63) is 95.6 Å². The van der Waals surface area contributed by atoms with Crippen LogP contribution in [0.4, 0.5) is 4.79 Å². The number of hydrogen-bond donors (Lipinski definition) is 1. The first-order chi connectivity index (χ1) is 16.2. The van der Waals surface area contributed by atoms with Gasteiger partial charge in [-0.3, -0.25) is 0 Å². The van der Waals surface area contributed by atoms with Crippen LogP contribution in [0.1, 0.15) is 22.6 Å². The number of hydrogen-bond acceptors (Lipinski definition) is 5. The average molecular weight is 443 g/mol. The predicted octanol–water partition coefficient (Wildman–Crippen LogP) is 4.79. The van der Waals surface area contributed by atoms with Crippen molar-refractivity contribution in [3.8, 4) is 16.9 Å². The molecule has 0 aromatic heterocycles. The van der Waals surface area contributed by atoms with Gasteiger partial charge in [-0.1, -0.05) is 78.9 Å². The molecule has 6 heteroatoms. The highest BCUT2D eigenvalue weighted by molar-refractivity contribution is 5.79. The molecule has 1 aliphatic carbocycles. The number of esters is 1. The molecular formula is C27H25NO5. The second-order valence-electron chi connectivity index (χ2n) is 7.51. The zero-order valence-electron chi connectivity index (χ0n) is 18.3. The SMILES string of the molecule is COC(=O)COc1ccccc1C=CCNC(=O)OCC1c2ccccc2-c2ccccc21. The van der Waals surface area contributed by atoms with Gasteiger partial charge in [0.15, 0.2) is 6.61 Å². The Kier molecular flexibility index (Phi) is 7.05. The predicted molar refractivity (Wildman–Crippen MR) is 126 cm³/mol. The molecule has 0 unspecified atom stereocenters. The van der Waals surface area contributed by atoms with E-state index in [1.807, 2.05) is 48.5 Å². The van der Waals surface area contributed by atoms with E-state index in [1.54, 1.807) is 12.1 Å².